The molecule has 0 amide bonds. The Balaban J connectivity index is 1.69. The van der Waals surface area contributed by atoms with Crippen molar-refractivity contribution >= 4 is 0 Å². The van der Waals surface area contributed by atoms with Gasteiger partial charge in [-0.05, 0) is 44.4 Å². The lowest BCUT2D eigenvalue weighted by Gasteiger charge is -2.25. The molecule has 0 aliphatic heterocycles. The molecular weight excluding hydrogens is 162 g/mol. The van der Waals surface area contributed by atoms with Gasteiger partial charge in [-0.15, -0.1) is 0 Å². The van der Waals surface area contributed by atoms with Crippen LogP contribution in [0.1, 0.15) is 38.5 Å². The van der Waals surface area contributed by atoms with Crippen LogP contribution in [0, 0.1) is 23.2 Å². The SMILES string of the molecule is N#C[C@H]1CCC[C@@H](OCC2CC2)C1. The predicted octanol–water partition coefficient (Wildman–Crippen LogP) is 2.50. The zero-order chi connectivity index (χ0) is 9.10. The maximum atomic E-state index is 8.79. The fourth-order valence-corrected chi connectivity index (χ4v) is 1.97. The van der Waals surface area contributed by atoms with Gasteiger partial charge in [-0.3, -0.25) is 0 Å². The van der Waals surface area contributed by atoms with Crippen molar-refractivity contribution in [1.82, 2.24) is 0 Å². The molecule has 2 aliphatic rings. The van der Waals surface area contributed by atoms with Gasteiger partial charge in [-0.25, -0.2) is 0 Å². The van der Waals surface area contributed by atoms with Gasteiger partial charge >= 0.3 is 0 Å². The van der Waals surface area contributed by atoms with Crippen molar-refractivity contribution < 1.29 is 4.74 Å². The first kappa shape index (κ1) is 9.02. The highest BCUT2D eigenvalue weighted by Crippen LogP contribution is 2.31. The normalized spacial score (nSPS) is 34.1. The molecule has 0 spiro atoms. The van der Waals surface area contributed by atoms with E-state index in [-0.39, 0.29) is 5.92 Å². The molecule has 0 bridgehead atoms. The summed E-state index contributed by atoms with van der Waals surface area (Å²) in [5.41, 5.74) is 0. The standard InChI is InChI=1S/C11H17NO/c12-7-10-2-1-3-11(6-10)13-8-9-4-5-9/h9-11H,1-6,8H2/t10-,11+/m0/s1. The van der Waals surface area contributed by atoms with Crippen molar-refractivity contribution in [2.24, 2.45) is 11.8 Å². The lowest BCUT2D eigenvalue weighted by molar-refractivity contribution is 0.0142. The van der Waals surface area contributed by atoms with E-state index < -0.39 is 0 Å². The van der Waals surface area contributed by atoms with E-state index in [2.05, 4.69) is 6.07 Å². The summed E-state index contributed by atoms with van der Waals surface area (Å²) in [6.45, 7) is 0.947. The highest BCUT2D eigenvalue weighted by Gasteiger charge is 2.26. The Morgan fingerprint density at radius 2 is 2.08 bits per heavy atom. The lowest BCUT2D eigenvalue weighted by Crippen LogP contribution is -2.22. The van der Waals surface area contributed by atoms with Crippen molar-refractivity contribution in [3.05, 3.63) is 0 Å². The van der Waals surface area contributed by atoms with Gasteiger partial charge < -0.3 is 4.74 Å². The Morgan fingerprint density at radius 3 is 2.77 bits per heavy atom. The van der Waals surface area contributed by atoms with Gasteiger partial charge in [0.25, 0.3) is 0 Å². The van der Waals surface area contributed by atoms with Crippen LogP contribution in [-0.2, 0) is 4.74 Å². The fourth-order valence-electron chi connectivity index (χ4n) is 1.97. The molecule has 72 valence electrons. The molecule has 0 aromatic carbocycles. The molecule has 0 unspecified atom stereocenters. The van der Waals surface area contributed by atoms with Gasteiger partial charge in [0.1, 0.15) is 0 Å². The van der Waals surface area contributed by atoms with E-state index in [0.29, 0.717) is 6.10 Å². The molecule has 2 nitrogen and oxygen atoms in total. The van der Waals surface area contributed by atoms with Crippen molar-refractivity contribution in [2.45, 2.75) is 44.6 Å². The zero-order valence-corrected chi connectivity index (χ0v) is 8.04. The Labute approximate surface area is 79.9 Å². The van der Waals surface area contributed by atoms with Crippen LogP contribution in [0.3, 0.4) is 0 Å². The van der Waals surface area contributed by atoms with Crippen LogP contribution in [0.4, 0.5) is 0 Å². The number of rotatable bonds is 3. The minimum absolute atomic E-state index is 0.262. The molecule has 0 aromatic rings. The minimum Gasteiger partial charge on any atom is -0.378 e. The minimum atomic E-state index is 0.262. The van der Waals surface area contributed by atoms with Gasteiger partial charge in [0.15, 0.2) is 0 Å². The van der Waals surface area contributed by atoms with Crippen LogP contribution >= 0.6 is 0 Å². The maximum Gasteiger partial charge on any atom is 0.0656 e. The fraction of sp³-hybridized carbons (Fsp3) is 0.909. The van der Waals surface area contributed by atoms with Gasteiger partial charge in [0.05, 0.1) is 12.2 Å². The number of hydrogen-bond acceptors (Lipinski definition) is 2. The molecule has 0 radical (unpaired) electrons. The monoisotopic (exact) mass is 179 g/mol. The Kier molecular flexibility index (Phi) is 2.85. The lowest BCUT2D eigenvalue weighted by atomic mass is 9.88. The molecule has 2 fully saturated rings. The molecule has 0 aromatic heterocycles. The summed E-state index contributed by atoms with van der Waals surface area (Å²) < 4.78 is 5.79. The maximum absolute atomic E-state index is 8.79. The third-order valence-electron chi connectivity index (χ3n) is 3.07. The first-order chi connectivity index (χ1) is 6.38. The summed E-state index contributed by atoms with van der Waals surface area (Å²) in [6.07, 6.45) is 7.50. The van der Waals surface area contributed by atoms with Gasteiger partial charge in [0.2, 0.25) is 0 Å². The van der Waals surface area contributed by atoms with Crippen LogP contribution in [0.2, 0.25) is 0 Å². The summed E-state index contributed by atoms with van der Waals surface area (Å²) in [7, 11) is 0. The molecule has 2 rings (SSSR count). The van der Waals surface area contributed by atoms with Crippen molar-refractivity contribution in [3.8, 4) is 6.07 Å². The van der Waals surface area contributed by atoms with Gasteiger partial charge in [-0.2, -0.15) is 5.26 Å². The van der Waals surface area contributed by atoms with Crippen LogP contribution in [0.25, 0.3) is 0 Å². The average molecular weight is 179 g/mol. The molecular formula is C11H17NO. The molecule has 13 heavy (non-hydrogen) atoms. The summed E-state index contributed by atoms with van der Waals surface area (Å²) >= 11 is 0. The van der Waals surface area contributed by atoms with Crippen LogP contribution in [-0.4, -0.2) is 12.7 Å². The van der Waals surface area contributed by atoms with Crippen LogP contribution < -0.4 is 0 Å². The van der Waals surface area contributed by atoms with E-state index in [1.54, 1.807) is 0 Å². The predicted molar refractivity (Wildman–Crippen MR) is 50.0 cm³/mol. The first-order valence-corrected chi connectivity index (χ1v) is 5.39. The molecule has 2 heteroatoms. The van der Waals surface area contributed by atoms with Crippen molar-refractivity contribution in [2.75, 3.05) is 6.61 Å². The van der Waals surface area contributed by atoms with E-state index in [0.717, 1.165) is 25.4 Å². The number of nitriles is 1. The molecule has 2 saturated carbocycles. The molecule has 2 aliphatic carbocycles. The van der Waals surface area contributed by atoms with Crippen molar-refractivity contribution in [3.63, 3.8) is 0 Å². The van der Waals surface area contributed by atoms with Crippen LogP contribution in [0.5, 0.6) is 0 Å². The summed E-state index contributed by atoms with van der Waals surface area (Å²) in [4.78, 5) is 0. The highest BCUT2D eigenvalue weighted by molar-refractivity contribution is 4.88. The summed E-state index contributed by atoms with van der Waals surface area (Å²) in [5.74, 6) is 1.11. The van der Waals surface area contributed by atoms with E-state index >= 15 is 0 Å². The van der Waals surface area contributed by atoms with E-state index in [1.165, 1.54) is 25.7 Å². The molecule has 2 atom stereocenters. The molecule has 0 saturated heterocycles. The first-order valence-electron chi connectivity index (χ1n) is 5.39. The average Bonchev–Trinajstić information content (AvgIpc) is 2.99. The second kappa shape index (κ2) is 4.11. The topological polar surface area (TPSA) is 33.0 Å². The van der Waals surface area contributed by atoms with E-state index in [4.69, 9.17) is 10.00 Å². The Hall–Kier alpha value is -0.550. The van der Waals surface area contributed by atoms with Gasteiger partial charge in [-0.1, -0.05) is 0 Å². The smallest absolute Gasteiger partial charge is 0.0656 e. The molecule has 0 N–H and O–H groups in total. The third-order valence-corrected chi connectivity index (χ3v) is 3.07. The number of hydrogen-bond donors (Lipinski definition) is 0. The van der Waals surface area contributed by atoms with E-state index in [9.17, 15) is 0 Å². The van der Waals surface area contributed by atoms with Crippen LogP contribution in [0.15, 0.2) is 0 Å². The van der Waals surface area contributed by atoms with Crippen molar-refractivity contribution in [1.29, 1.82) is 5.26 Å². The largest absolute Gasteiger partial charge is 0.378 e. The Morgan fingerprint density at radius 1 is 1.23 bits per heavy atom. The number of ether oxygens (including phenoxy) is 1. The highest BCUT2D eigenvalue weighted by atomic mass is 16.5. The second-order valence-corrected chi connectivity index (χ2v) is 4.39. The zero-order valence-electron chi connectivity index (χ0n) is 8.04. The Bertz CT molecular complexity index is 205. The number of nitrogens with zero attached hydrogens (tertiary/aromatic N) is 1. The summed E-state index contributed by atoms with van der Waals surface area (Å²) in [6, 6.07) is 2.36. The van der Waals surface area contributed by atoms with E-state index in [1.807, 2.05) is 0 Å². The molecule has 0 heterocycles. The third kappa shape index (κ3) is 2.70. The second-order valence-electron chi connectivity index (χ2n) is 4.39. The van der Waals surface area contributed by atoms with Gasteiger partial charge in [0, 0.05) is 12.5 Å². The summed E-state index contributed by atoms with van der Waals surface area (Å²) in [5, 5.41) is 8.79. The quantitative estimate of drug-likeness (QED) is 0.666.